The second-order valence-corrected chi connectivity index (χ2v) is 6.21. The predicted octanol–water partition coefficient (Wildman–Crippen LogP) is 3.23. The van der Waals surface area contributed by atoms with Crippen molar-refractivity contribution < 1.29 is 4.79 Å². The Bertz CT molecular complexity index is 978. The largest absolute Gasteiger partial charge is 0.349 e. The highest BCUT2D eigenvalue weighted by molar-refractivity contribution is 5.78. The molecule has 5 nitrogen and oxygen atoms in total. The zero-order chi connectivity index (χ0) is 17.4. The summed E-state index contributed by atoms with van der Waals surface area (Å²) in [7, 11) is 0. The van der Waals surface area contributed by atoms with Gasteiger partial charge in [0, 0.05) is 30.0 Å². The number of carbonyl (C=O) groups excluding carboxylic acids is 1. The summed E-state index contributed by atoms with van der Waals surface area (Å²) in [5, 5.41) is 17.9. The Morgan fingerprint density at radius 2 is 1.48 bits per heavy atom. The lowest BCUT2D eigenvalue weighted by molar-refractivity contribution is 0.112. The van der Waals surface area contributed by atoms with Crippen LogP contribution in [0.2, 0.25) is 0 Å². The summed E-state index contributed by atoms with van der Waals surface area (Å²) in [6.45, 7) is 2.34. The van der Waals surface area contributed by atoms with E-state index in [-0.39, 0.29) is 5.57 Å². The molecule has 0 radical (unpaired) electrons. The van der Waals surface area contributed by atoms with Gasteiger partial charge in [0.1, 0.15) is 24.0 Å². The van der Waals surface area contributed by atoms with E-state index >= 15 is 0 Å². The smallest absolute Gasteiger partial charge is 0.150 e. The SMILES string of the molecule is N#CC(C#N)=Cc1ccc2c(c1)CN1CN2Cc2cc(C=O)ccc21. The summed E-state index contributed by atoms with van der Waals surface area (Å²) in [6.07, 6.45) is 2.49. The maximum absolute atomic E-state index is 11.0. The monoisotopic (exact) mass is 326 g/mol. The summed E-state index contributed by atoms with van der Waals surface area (Å²) in [5.41, 5.74) is 6.29. The van der Waals surface area contributed by atoms with Gasteiger partial charge in [0.05, 0.1) is 6.67 Å². The first-order chi connectivity index (χ1) is 12.2. The van der Waals surface area contributed by atoms with E-state index in [2.05, 4.69) is 9.80 Å². The number of hydrogen-bond acceptors (Lipinski definition) is 5. The third-order valence-electron chi connectivity index (χ3n) is 4.64. The van der Waals surface area contributed by atoms with Gasteiger partial charge < -0.3 is 9.80 Å². The first kappa shape index (κ1) is 15.0. The number of fused-ring (bicyclic) bond motifs is 6. The Kier molecular flexibility index (Phi) is 3.48. The van der Waals surface area contributed by atoms with E-state index in [4.69, 9.17) is 10.5 Å². The molecule has 0 N–H and O–H groups in total. The number of benzene rings is 2. The van der Waals surface area contributed by atoms with Crippen LogP contribution in [0.4, 0.5) is 11.4 Å². The fraction of sp³-hybridized carbons (Fsp3) is 0.150. The van der Waals surface area contributed by atoms with Crippen LogP contribution in [0.15, 0.2) is 42.0 Å². The van der Waals surface area contributed by atoms with Gasteiger partial charge in [-0.2, -0.15) is 10.5 Å². The minimum Gasteiger partial charge on any atom is -0.349 e. The number of nitrogens with zero attached hydrogens (tertiary/aromatic N) is 4. The van der Waals surface area contributed by atoms with Gasteiger partial charge in [-0.3, -0.25) is 4.79 Å². The van der Waals surface area contributed by atoms with E-state index in [0.29, 0.717) is 5.56 Å². The van der Waals surface area contributed by atoms with Crippen molar-refractivity contribution in [1.82, 2.24) is 0 Å². The molecule has 0 aliphatic carbocycles. The zero-order valence-corrected chi connectivity index (χ0v) is 13.4. The molecule has 2 aromatic rings. The van der Waals surface area contributed by atoms with Crippen molar-refractivity contribution in [3.05, 3.63) is 64.2 Å². The Labute approximate surface area is 145 Å². The Hall–Kier alpha value is -3.57. The predicted molar refractivity (Wildman–Crippen MR) is 94.7 cm³/mol. The number of carbonyl (C=O) groups is 1. The van der Waals surface area contributed by atoms with Crippen LogP contribution in [0.5, 0.6) is 0 Å². The van der Waals surface area contributed by atoms with Gasteiger partial charge in [-0.05, 0) is 53.1 Å². The Balaban J connectivity index is 1.73. The first-order valence-electron chi connectivity index (χ1n) is 7.94. The van der Waals surface area contributed by atoms with Crippen LogP contribution in [0.25, 0.3) is 6.08 Å². The quantitative estimate of drug-likeness (QED) is 0.626. The minimum atomic E-state index is 0.100. The standard InChI is InChI=1S/C20H14N4O/c21-8-16(9-22)5-14-1-3-19-17(6-14)10-23-13-24(19)11-18-7-15(12-25)2-4-20(18)23/h1-7,12H,10-11,13H2. The topological polar surface area (TPSA) is 71.1 Å². The van der Waals surface area contributed by atoms with Crippen molar-refractivity contribution in [3.63, 3.8) is 0 Å². The Morgan fingerprint density at radius 1 is 0.920 bits per heavy atom. The first-order valence-corrected chi connectivity index (χ1v) is 7.94. The van der Waals surface area contributed by atoms with Gasteiger partial charge in [-0.1, -0.05) is 6.07 Å². The number of anilines is 2. The number of rotatable bonds is 2. The number of allylic oxidation sites excluding steroid dienone is 1. The molecule has 0 amide bonds. The molecule has 5 heteroatoms. The molecule has 0 aromatic heterocycles. The lowest BCUT2D eigenvalue weighted by atomic mass is 9.98. The van der Waals surface area contributed by atoms with E-state index in [1.54, 1.807) is 6.08 Å². The molecule has 120 valence electrons. The number of hydrogen-bond donors (Lipinski definition) is 0. The molecule has 0 atom stereocenters. The van der Waals surface area contributed by atoms with Gasteiger partial charge in [-0.15, -0.1) is 0 Å². The number of nitriles is 2. The van der Waals surface area contributed by atoms with Crippen LogP contribution >= 0.6 is 0 Å². The van der Waals surface area contributed by atoms with Crippen LogP contribution in [0, 0.1) is 22.7 Å². The van der Waals surface area contributed by atoms with Crippen molar-refractivity contribution in [1.29, 1.82) is 10.5 Å². The van der Waals surface area contributed by atoms with Gasteiger partial charge in [0.25, 0.3) is 0 Å². The molecule has 25 heavy (non-hydrogen) atoms. The van der Waals surface area contributed by atoms with Gasteiger partial charge in [0.2, 0.25) is 0 Å². The molecule has 2 aromatic carbocycles. The lowest BCUT2D eigenvalue weighted by Crippen LogP contribution is -2.46. The van der Waals surface area contributed by atoms with Crippen molar-refractivity contribution in [2.24, 2.45) is 0 Å². The number of aldehydes is 1. The molecule has 0 saturated carbocycles. The normalized spacial score (nSPS) is 13.8. The Morgan fingerprint density at radius 3 is 2.04 bits per heavy atom. The fourth-order valence-corrected chi connectivity index (χ4v) is 3.54. The zero-order valence-electron chi connectivity index (χ0n) is 13.4. The summed E-state index contributed by atoms with van der Waals surface area (Å²) in [5.74, 6) is 0. The van der Waals surface area contributed by atoms with Crippen molar-refractivity contribution in [2.75, 3.05) is 16.5 Å². The summed E-state index contributed by atoms with van der Waals surface area (Å²) < 4.78 is 0. The van der Waals surface area contributed by atoms with E-state index < -0.39 is 0 Å². The van der Waals surface area contributed by atoms with Gasteiger partial charge >= 0.3 is 0 Å². The third-order valence-corrected chi connectivity index (χ3v) is 4.64. The van der Waals surface area contributed by atoms with Crippen LogP contribution in [0.1, 0.15) is 27.0 Å². The van der Waals surface area contributed by atoms with Crippen molar-refractivity contribution in [3.8, 4) is 12.1 Å². The maximum Gasteiger partial charge on any atom is 0.150 e. The molecule has 2 aliphatic rings. The highest BCUT2D eigenvalue weighted by Gasteiger charge is 2.29. The second-order valence-electron chi connectivity index (χ2n) is 6.21. The molecule has 0 spiro atoms. The molecular formula is C20H14N4O. The van der Waals surface area contributed by atoms with Gasteiger partial charge in [-0.25, -0.2) is 0 Å². The van der Waals surface area contributed by atoms with Crippen LogP contribution < -0.4 is 9.80 Å². The molecule has 0 unspecified atom stereocenters. The lowest BCUT2D eigenvalue weighted by Gasteiger charge is -2.45. The maximum atomic E-state index is 11.0. The molecule has 2 bridgehead atoms. The van der Waals surface area contributed by atoms with Crippen molar-refractivity contribution >= 4 is 23.7 Å². The summed E-state index contributed by atoms with van der Waals surface area (Å²) in [6, 6.07) is 15.6. The molecule has 0 fully saturated rings. The molecule has 0 saturated heterocycles. The van der Waals surface area contributed by atoms with Crippen LogP contribution in [-0.4, -0.2) is 13.0 Å². The molecule has 2 aliphatic heterocycles. The van der Waals surface area contributed by atoms with E-state index in [1.807, 2.05) is 48.5 Å². The summed E-state index contributed by atoms with van der Waals surface area (Å²) >= 11 is 0. The molecule has 2 heterocycles. The minimum absolute atomic E-state index is 0.100. The van der Waals surface area contributed by atoms with Crippen molar-refractivity contribution in [2.45, 2.75) is 13.1 Å². The second kappa shape index (κ2) is 5.81. The molecule has 4 rings (SSSR count). The van der Waals surface area contributed by atoms with Crippen LogP contribution in [0.3, 0.4) is 0 Å². The van der Waals surface area contributed by atoms with Gasteiger partial charge in [0.15, 0.2) is 0 Å². The van der Waals surface area contributed by atoms with Crippen LogP contribution in [-0.2, 0) is 13.1 Å². The fourth-order valence-electron chi connectivity index (χ4n) is 3.54. The third kappa shape index (κ3) is 2.52. The van der Waals surface area contributed by atoms with E-state index in [1.165, 1.54) is 5.56 Å². The highest BCUT2D eigenvalue weighted by Crippen LogP contribution is 2.38. The summed E-state index contributed by atoms with van der Waals surface area (Å²) in [4.78, 5) is 15.6. The van der Waals surface area contributed by atoms with E-state index in [9.17, 15) is 4.79 Å². The van der Waals surface area contributed by atoms with E-state index in [0.717, 1.165) is 48.5 Å². The average molecular weight is 326 g/mol. The average Bonchev–Trinajstić information content (AvgIpc) is 2.65. The molecular weight excluding hydrogens is 312 g/mol. The highest BCUT2D eigenvalue weighted by atomic mass is 16.1.